The lowest BCUT2D eigenvalue weighted by Gasteiger charge is -2.42. The van der Waals surface area contributed by atoms with E-state index in [0.29, 0.717) is 25.2 Å². The zero-order valence-corrected chi connectivity index (χ0v) is 26.2. The third-order valence-corrected chi connectivity index (χ3v) is 9.08. The number of nitrogens with zero attached hydrogens (tertiary/aromatic N) is 6. The second kappa shape index (κ2) is 12.8. The van der Waals surface area contributed by atoms with Crippen molar-refractivity contribution in [3.63, 3.8) is 0 Å². The fourth-order valence-corrected chi connectivity index (χ4v) is 6.89. The third kappa shape index (κ3) is 6.81. The first-order valence-corrected chi connectivity index (χ1v) is 15.2. The summed E-state index contributed by atoms with van der Waals surface area (Å²) in [6, 6.07) is 3.96. The van der Waals surface area contributed by atoms with E-state index in [1.807, 2.05) is 17.9 Å². The molecule has 3 aliphatic rings. The van der Waals surface area contributed by atoms with Gasteiger partial charge < -0.3 is 14.7 Å². The number of pyridine rings is 1. The molecule has 1 aromatic heterocycles. The Balaban J connectivity index is 1.41. The Morgan fingerprint density at radius 1 is 1.04 bits per heavy atom. The summed E-state index contributed by atoms with van der Waals surface area (Å²) in [4.78, 5) is 50.7. The van der Waals surface area contributed by atoms with Crippen molar-refractivity contribution in [2.45, 2.75) is 51.1 Å². The Bertz CT molecular complexity index is 1560. The number of piperazine rings is 1. The number of amides is 3. The van der Waals surface area contributed by atoms with E-state index in [-0.39, 0.29) is 44.1 Å². The van der Waals surface area contributed by atoms with Crippen molar-refractivity contribution in [2.24, 2.45) is 5.92 Å². The first-order valence-electron chi connectivity index (χ1n) is 15.2. The van der Waals surface area contributed by atoms with Gasteiger partial charge >= 0.3 is 12.4 Å². The molecular formula is C32H36F6N6O3. The van der Waals surface area contributed by atoms with Crippen LogP contribution in [0.15, 0.2) is 43.0 Å². The molecule has 9 nitrogen and oxygen atoms in total. The summed E-state index contributed by atoms with van der Waals surface area (Å²) < 4.78 is 82.6. The van der Waals surface area contributed by atoms with Gasteiger partial charge in [0.25, 0.3) is 0 Å². The molecule has 3 amide bonds. The SMILES string of the molecule is C=CC(=O)N1CCN(CCCN2C[C@H]3CC(=O)N(c4cc(C(F)(F)F)cc(C)n4)[C@@H]3C(=O)N(C)c3cccc(C)c32)CC1C(F)(F)F. The zero-order chi connectivity index (χ0) is 34.4. The smallest absolute Gasteiger partial charge is 0.369 e. The van der Waals surface area contributed by atoms with Crippen LogP contribution in [0.4, 0.5) is 43.5 Å². The van der Waals surface area contributed by atoms with Gasteiger partial charge in [-0.1, -0.05) is 18.7 Å². The number of hydrogen-bond donors (Lipinski definition) is 0. The van der Waals surface area contributed by atoms with Crippen molar-refractivity contribution in [1.82, 2.24) is 14.8 Å². The lowest BCUT2D eigenvalue weighted by Crippen LogP contribution is -2.60. The van der Waals surface area contributed by atoms with Gasteiger partial charge in [0, 0.05) is 57.8 Å². The molecule has 2 saturated heterocycles. The molecular weight excluding hydrogens is 630 g/mol. The Kier molecular flexibility index (Phi) is 9.32. The number of hydrogen-bond acceptors (Lipinski definition) is 6. The molecule has 3 aliphatic heterocycles. The maximum Gasteiger partial charge on any atom is 0.416 e. The van der Waals surface area contributed by atoms with E-state index in [2.05, 4.69) is 11.6 Å². The molecule has 0 N–H and O–H groups in total. The molecule has 15 heteroatoms. The van der Waals surface area contributed by atoms with Crippen LogP contribution < -0.4 is 14.7 Å². The molecule has 1 aromatic carbocycles. The molecule has 254 valence electrons. The second-order valence-electron chi connectivity index (χ2n) is 12.3. The summed E-state index contributed by atoms with van der Waals surface area (Å²) in [6.45, 7) is 7.20. The molecule has 0 aliphatic carbocycles. The molecule has 2 fully saturated rings. The maximum atomic E-state index is 14.0. The molecule has 47 heavy (non-hydrogen) atoms. The van der Waals surface area contributed by atoms with Gasteiger partial charge in [0.1, 0.15) is 17.9 Å². The average Bonchev–Trinajstić information content (AvgIpc) is 3.32. The highest BCUT2D eigenvalue weighted by Gasteiger charge is 2.50. The van der Waals surface area contributed by atoms with E-state index in [4.69, 9.17) is 0 Å². The Labute approximate surface area is 268 Å². The zero-order valence-electron chi connectivity index (χ0n) is 26.2. The van der Waals surface area contributed by atoms with Gasteiger partial charge in [-0.3, -0.25) is 24.2 Å². The highest BCUT2D eigenvalue weighted by molar-refractivity contribution is 6.10. The molecule has 5 rings (SSSR count). The lowest BCUT2D eigenvalue weighted by molar-refractivity contribution is -0.199. The van der Waals surface area contributed by atoms with E-state index < -0.39 is 53.6 Å². The monoisotopic (exact) mass is 666 g/mol. The minimum Gasteiger partial charge on any atom is -0.369 e. The van der Waals surface area contributed by atoms with Gasteiger partial charge in [0.05, 0.1) is 16.9 Å². The van der Waals surface area contributed by atoms with Crippen LogP contribution in [0.5, 0.6) is 0 Å². The second-order valence-corrected chi connectivity index (χ2v) is 12.3. The summed E-state index contributed by atoms with van der Waals surface area (Å²) in [6.07, 6.45) is -8.10. The highest BCUT2D eigenvalue weighted by Crippen LogP contribution is 2.41. The summed E-state index contributed by atoms with van der Waals surface area (Å²) >= 11 is 0. The van der Waals surface area contributed by atoms with Crippen LogP contribution in [-0.4, -0.2) is 97.1 Å². The van der Waals surface area contributed by atoms with Crippen LogP contribution in [0.3, 0.4) is 0 Å². The summed E-state index contributed by atoms with van der Waals surface area (Å²) in [7, 11) is 1.55. The number of anilines is 3. The van der Waals surface area contributed by atoms with Gasteiger partial charge in [0.2, 0.25) is 17.7 Å². The van der Waals surface area contributed by atoms with Gasteiger partial charge in [0.15, 0.2) is 0 Å². The largest absolute Gasteiger partial charge is 0.416 e. The molecule has 0 radical (unpaired) electrons. The standard InChI is InChI=1S/C32H36F6N6O3/c1-5-26(45)43-13-12-41(18-24(43)32(36,37)38)10-7-11-42-17-21-15-27(46)44(25-16-22(31(33,34)35)14-20(3)39-25)29(21)30(47)40(4)23-9-6-8-19(2)28(23)42/h5-6,8-9,14,16,21,24,29H,1,7,10-13,15,17-18H2,2-4H3/t21-,24?,29+/m1/s1. The number of carbonyl (C=O) groups excluding carboxylic acids is 3. The average molecular weight is 667 g/mol. The summed E-state index contributed by atoms with van der Waals surface area (Å²) in [5, 5.41) is 0. The van der Waals surface area contributed by atoms with E-state index in [1.165, 1.54) is 11.8 Å². The van der Waals surface area contributed by atoms with Gasteiger partial charge in [-0.2, -0.15) is 26.3 Å². The van der Waals surface area contributed by atoms with Crippen molar-refractivity contribution >= 4 is 34.9 Å². The van der Waals surface area contributed by atoms with Crippen molar-refractivity contribution in [3.05, 3.63) is 59.8 Å². The third-order valence-electron chi connectivity index (χ3n) is 9.08. The summed E-state index contributed by atoms with van der Waals surface area (Å²) in [5.74, 6) is -2.62. The number of carbonyl (C=O) groups is 3. The first-order chi connectivity index (χ1) is 22.0. The number of para-hydroxylation sites is 1. The summed E-state index contributed by atoms with van der Waals surface area (Å²) in [5.41, 5.74) is 1.17. The minimum atomic E-state index is -4.69. The van der Waals surface area contributed by atoms with Crippen LogP contribution in [-0.2, 0) is 20.6 Å². The van der Waals surface area contributed by atoms with Crippen LogP contribution in [0, 0.1) is 19.8 Å². The van der Waals surface area contributed by atoms with E-state index in [1.54, 1.807) is 24.1 Å². The molecule has 0 saturated carbocycles. The number of likely N-dealkylation sites (N-methyl/N-ethyl adjacent to an activating group) is 1. The van der Waals surface area contributed by atoms with E-state index in [9.17, 15) is 40.7 Å². The van der Waals surface area contributed by atoms with E-state index >= 15 is 0 Å². The number of fused-ring (bicyclic) bond motifs is 2. The van der Waals surface area contributed by atoms with Crippen molar-refractivity contribution in [2.75, 3.05) is 61.0 Å². The number of alkyl halides is 6. The normalized spacial score (nSPS) is 22.6. The van der Waals surface area contributed by atoms with E-state index in [0.717, 1.165) is 39.3 Å². The number of aromatic nitrogens is 1. The van der Waals surface area contributed by atoms with Crippen LogP contribution in [0.2, 0.25) is 0 Å². The fraction of sp³-hybridized carbons (Fsp3) is 0.500. The Hall–Kier alpha value is -4.14. The fourth-order valence-electron chi connectivity index (χ4n) is 6.89. The molecule has 3 atom stereocenters. The van der Waals surface area contributed by atoms with Crippen molar-refractivity contribution in [1.29, 1.82) is 0 Å². The molecule has 0 bridgehead atoms. The van der Waals surface area contributed by atoms with Crippen LogP contribution in [0.25, 0.3) is 0 Å². The Morgan fingerprint density at radius 3 is 2.43 bits per heavy atom. The van der Waals surface area contributed by atoms with Crippen LogP contribution >= 0.6 is 0 Å². The first kappa shape index (κ1) is 34.2. The minimum absolute atomic E-state index is 0.0442. The number of halogens is 6. The number of benzene rings is 1. The van der Waals surface area contributed by atoms with Gasteiger partial charge in [-0.15, -0.1) is 0 Å². The number of aryl methyl sites for hydroxylation is 2. The molecule has 1 unspecified atom stereocenters. The van der Waals surface area contributed by atoms with Crippen molar-refractivity contribution < 1.29 is 40.7 Å². The molecule has 0 spiro atoms. The van der Waals surface area contributed by atoms with Crippen molar-refractivity contribution in [3.8, 4) is 0 Å². The quantitative estimate of drug-likeness (QED) is 0.332. The topological polar surface area (TPSA) is 80.3 Å². The highest BCUT2D eigenvalue weighted by atomic mass is 19.4. The molecule has 2 aromatic rings. The maximum absolute atomic E-state index is 14.0. The lowest BCUT2D eigenvalue weighted by atomic mass is 9.95. The van der Waals surface area contributed by atoms with Crippen LogP contribution in [0.1, 0.15) is 29.7 Å². The Morgan fingerprint density at radius 2 is 1.77 bits per heavy atom. The van der Waals surface area contributed by atoms with Gasteiger partial charge in [-0.05, 0) is 56.7 Å². The molecule has 4 heterocycles. The predicted octanol–water partition coefficient (Wildman–Crippen LogP) is 4.57. The van der Waals surface area contributed by atoms with Gasteiger partial charge in [-0.25, -0.2) is 4.98 Å². The number of rotatable bonds is 6. The predicted molar refractivity (Wildman–Crippen MR) is 163 cm³/mol.